The quantitative estimate of drug-likeness (QED) is 0.932. The molecule has 3 rings (SSSR count). The summed E-state index contributed by atoms with van der Waals surface area (Å²) >= 11 is 0. The molecule has 0 radical (unpaired) electrons. The van der Waals surface area contributed by atoms with Crippen molar-refractivity contribution in [1.29, 1.82) is 0 Å². The average Bonchev–Trinajstić information content (AvgIpc) is 3.19. The zero-order valence-corrected chi connectivity index (χ0v) is 12.7. The first-order chi connectivity index (χ1) is 10.7. The summed E-state index contributed by atoms with van der Waals surface area (Å²) in [4.78, 5) is 12.3. The highest BCUT2D eigenvalue weighted by Crippen LogP contribution is 2.28. The predicted molar refractivity (Wildman–Crippen MR) is 81.2 cm³/mol. The smallest absolute Gasteiger partial charge is 0.229 e. The lowest BCUT2D eigenvalue weighted by Crippen LogP contribution is -2.23. The Morgan fingerprint density at radius 3 is 2.95 bits per heavy atom. The highest BCUT2D eigenvalue weighted by atomic mass is 16.5. The van der Waals surface area contributed by atoms with Gasteiger partial charge in [0.2, 0.25) is 5.91 Å². The van der Waals surface area contributed by atoms with Crippen molar-refractivity contribution < 1.29 is 9.53 Å². The SMILES string of the molecule is CC(C)n1nnnc1-c1ccccc1NC(=O)[C@H]1CCOC1. The molecule has 1 aliphatic rings. The van der Waals surface area contributed by atoms with E-state index in [4.69, 9.17) is 4.74 Å². The fourth-order valence-electron chi connectivity index (χ4n) is 2.48. The van der Waals surface area contributed by atoms with E-state index < -0.39 is 0 Å². The van der Waals surface area contributed by atoms with Gasteiger partial charge in [0.25, 0.3) is 0 Å². The van der Waals surface area contributed by atoms with Crippen LogP contribution in [0.15, 0.2) is 24.3 Å². The minimum Gasteiger partial charge on any atom is -0.381 e. The number of carbonyl (C=O) groups excluding carboxylic acids is 1. The standard InChI is InChI=1S/C15H19N5O2/c1-10(2)20-14(17-18-19-20)12-5-3-4-6-13(12)16-15(21)11-7-8-22-9-11/h3-6,10-11H,7-9H2,1-2H3,(H,16,21)/t11-/m0/s1. The van der Waals surface area contributed by atoms with Gasteiger partial charge in [0, 0.05) is 12.2 Å². The van der Waals surface area contributed by atoms with Crippen molar-refractivity contribution in [2.45, 2.75) is 26.3 Å². The van der Waals surface area contributed by atoms with Crippen LogP contribution in [-0.2, 0) is 9.53 Å². The van der Waals surface area contributed by atoms with Gasteiger partial charge in [0.1, 0.15) is 0 Å². The van der Waals surface area contributed by atoms with Crippen LogP contribution >= 0.6 is 0 Å². The summed E-state index contributed by atoms with van der Waals surface area (Å²) in [7, 11) is 0. The summed E-state index contributed by atoms with van der Waals surface area (Å²) in [5.74, 6) is 0.538. The fraction of sp³-hybridized carbons (Fsp3) is 0.467. The maximum Gasteiger partial charge on any atom is 0.229 e. The van der Waals surface area contributed by atoms with Crippen molar-refractivity contribution in [3.05, 3.63) is 24.3 Å². The lowest BCUT2D eigenvalue weighted by Gasteiger charge is -2.14. The third kappa shape index (κ3) is 2.85. The molecular weight excluding hydrogens is 282 g/mol. The summed E-state index contributed by atoms with van der Waals surface area (Å²) in [6, 6.07) is 7.70. The van der Waals surface area contributed by atoms with Gasteiger partial charge < -0.3 is 10.1 Å². The molecule has 1 fully saturated rings. The molecule has 2 heterocycles. The van der Waals surface area contributed by atoms with Gasteiger partial charge in [-0.1, -0.05) is 12.1 Å². The topological polar surface area (TPSA) is 81.9 Å². The van der Waals surface area contributed by atoms with E-state index in [0.717, 1.165) is 17.7 Å². The molecule has 2 aromatic rings. The Balaban J connectivity index is 1.89. The van der Waals surface area contributed by atoms with Gasteiger partial charge in [-0.05, 0) is 42.8 Å². The molecule has 1 aromatic heterocycles. The monoisotopic (exact) mass is 301 g/mol. The first-order valence-corrected chi connectivity index (χ1v) is 7.42. The van der Waals surface area contributed by atoms with E-state index in [9.17, 15) is 4.79 Å². The van der Waals surface area contributed by atoms with Crippen molar-refractivity contribution in [3.63, 3.8) is 0 Å². The van der Waals surface area contributed by atoms with Crippen molar-refractivity contribution in [1.82, 2.24) is 20.2 Å². The number of anilines is 1. The van der Waals surface area contributed by atoms with Gasteiger partial charge in [-0.15, -0.1) is 5.10 Å². The van der Waals surface area contributed by atoms with E-state index in [2.05, 4.69) is 20.8 Å². The molecule has 1 N–H and O–H groups in total. The Bertz CT molecular complexity index is 661. The second-order valence-corrected chi connectivity index (χ2v) is 5.64. The lowest BCUT2D eigenvalue weighted by atomic mass is 10.1. The summed E-state index contributed by atoms with van der Waals surface area (Å²) in [5.41, 5.74) is 1.53. The van der Waals surface area contributed by atoms with Gasteiger partial charge in [-0.2, -0.15) is 0 Å². The van der Waals surface area contributed by atoms with E-state index in [-0.39, 0.29) is 17.9 Å². The van der Waals surface area contributed by atoms with Gasteiger partial charge in [0.05, 0.1) is 24.3 Å². The summed E-state index contributed by atoms with van der Waals surface area (Å²) in [5, 5.41) is 14.8. The number of hydrogen-bond donors (Lipinski definition) is 1. The van der Waals surface area contributed by atoms with E-state index >= 15 is 0 Å². The predicted octanol–water partition coefficient (Wildman–Crippen LogP) is 1.90. The first-order valence-electron chi connectivity index (χ1n) is 7.42. The number of ether oxygens (including phenoxy) is 1. The van der Waals surface area contributed by atoms with E-state index in [1.807, 2.05) is 38.1 Å². The number of amides is 1. The second-order valence-electron chi connectivity index (χ2n) is 5.64. The second kappa shape index (κ2) is 6.23. The molecule has 22 heavy (non-hydrogen) atoms. The number of carbonyl (C=O) groups is 1. The minimum atomic E-state index is -0.0888. The highest BCUT2D eigenvalue weighted by Gasteiger charge is 2.24. The van der Waals surface area contributed by atoms with Crippen LogP contribution in [0.3, 0.4) is 0 Å². The molecule has 1 aliphatic heterocycles. The van der Waals surface area contributed by atoms with Gasteiger partial charge >= 0.3 is 0 Å². The number of para-hydroxylation sites is 1. The molecule has 1 aromatic carbocycles. The molecular formula is C15H19N5O2. The number of tetrazole rings is 1. The van der Waals surface area contributed by atoms with Crippen LogP contribution in [-0.4, -0.2) is 39.3 Å². The Kier molecular flexibility index (Phi) is 4.15. The van der Waals surface area contributed by atoms with Crippen LogP contribution in [0, 0.1) is 5.92 Å². The molecule has 1 amide bonds. The van der Waals surface area contributed by atoms with Crippen LogP contribution in [0.5, 0.6) is 0 Å². The van der Waals surface area contributed by atoms with Crippen LogP contribution in [0.2, 0.25) is 0 Å². The maximum atomic E-state index is 12.3. The van der Waals surface area contributed by atoms with Crippen molar-refractivity contribution in [2.24, 2.45) is 5.92 Å². The van der Waals surface area contributed by atoms with E-state index in [1.54, 1.807) is 4.68 Å². The summed E-state index contributed by atoms with van der Waals surface area (Å²) < 4.78 is 7.01. The van der Waals surface area contributed by atoms with Crippen molar-refractivity contribution in [3.8, 4) is 11.4 Å². The molecule has 0 aliphatic carbocycles. The molecule has 116 valence electrons. The molecule has 0 bridgehead atoms. The molecule has 1 atom stereocenters. The van der Waals surface area contributed by atoms with Crippen molar-refractivity contribution in [2.75, 3.05) is 18.5 Å². The molecule has 7 nitrogen and oxygen atoms in total. The Labute approximate surface area is 128 Å². The van der Waals surface area contributed by atoms with Crippen LogP contribution < -0.4 is 5.32 Å². The maximum absolute atomic E-state index is 12.3. The van der Waals surface area contributed by atoms with E-state index in [0.29, 0.717) is 19.0 Å². The molecule has 1 saturated heterocycles. The average molecular weight is 301 g/mol. The Hall–Kier alpha value is -2.28. The number of benzene rings is 1. The molecule has 0 saturated carbocycles. The fourth-order valence-corrected chi connectivity index (χ4v) is 2.48. The van der Waals surface area contributed by atoms with Gasteiger partial charge in [-0.25, -0.2) is 4.68 Å². The van der Waals surface area contributed by atoms with Crippen LogP contribution in [0.4, 0.5) is 5.69 Å². The first kappa shape index (κ1) is 14.6. The highest BCUT2D eigenvalue weighted by molar-refractivity contribution is 5.96. The minimum absolute atomic E-state index is 0.0199. The van der Waals surface area contributed by atoms with E-state index in [1.165, 1.54) is 0 Å². The van der Waals surface area contributed by atoms with Crippen LogP contribution in [0.1, 0.15) is 26.3 Å². The summed E-state index contributed by atoms with van der Waals surface area (Å²) in [6.07, 6.45) is 0.762. The van der Waals surface area contributed by atoms with Crippen LogP contribution in [0.25, 0.3) is 11.4 Å². The molecule has 0 unspecified atom stereocenters. The summed E-state index contributed by atoms with van der Waals surface area (Å²) in [6.45, 7) is 5.15. The zero-order chi connectivity index (χ0) is 15.5. The largest absolute Gasteiger partial charge is 0.381 e. The number of aromatic nitrogens is 4. The third-order valence-corrected chi connectivity index (χ3v) is 3.71. The van der Waals surface area contributed by atoms with Gasteiger partial charge in [-0.3, -0.25) is 4.79 Å². The Morgan fingerprint density at radius 1 is 1.41 bits per heavy atom. The van der Waals surface area contributed by atoms with Gasteiger partial charge in [0.15, 0.2) is 5.82 Å². The number of nitrogens with zero attached hydrogens (tertiary/aromatic N) is 4. The number of hydrogen-bond acceptors (Lipinski definition) is 5. The van der Waals surface area contributed by atoms with Crippen molar-refractivity contribution >= 4 is 11.6 Å². The lowest BCUT2D eigenvalue weighted by molar-refractivity contribution is -0.119. The Morgan fingerprint density at radius 2 is 2.23 bits per heavy atom. The number of rotatable bonds is 4. The zero-order valence-electron chi connectivity index (χ0n) is 12.7. The third-order valence-electron chi connectivity index (χ3n) is 3.71. The molecule has 0 spiro atoms. The molecule has 7 heteroatoms. The number of nitrogens with one attached hydrogen (secondary N) is 1. The normalized spacial score (nSPS) is 17.9.